The van der Waals surface area contributed by atoms with E-state index in [4.69, 9.17) is 4.74 Å². The van der Waals surface area contributed by atoms with E-state index in [0.717, 1.165) is 5.32 Å². The molecule has 1 aromatic rings. The molecule has 9 heteroatoms. The Labute approximate surface area is 117 Å². The van der Waals surface area contributed by atoms with E-state index in [2.05, 4.69) is 4.74 Å². The van der Waals surface area contributed by atoms with Crippen LogP contribution < -0.4 is 10.1 Å². The summed E-state index contributed by atoms with van der Waals surface area (Å²) >= 11 is 0. The van der Waals surface area contributed by atoms with Crippen LogP contribution in [0.1, 0.15) is 0 Å². The molecule has 1 rings (SSSR count). The third-order valence-corrected chi connectivity index (χ3v) is 2.32. The maximum atomic E-state index is 12.7. The van der Waals surface area contributed by atoms with E-state index in [1.807, 2.05) is 0 Å². The zero-order chi connectivity index (χ0) is 16.1. The van der Waals surface area contributed by atoms with Gasteiger partial charge in [0.05, 0.1) is 7.11 Å². The SMILES string of the molecule is COC(=O)C(O)(NC(=O)COc1ccccc1)C(F)(F)F. The lowest BCUT2D eigenvalue weighted by Crippen LogP contribution is -2.65. The fourth-order valence-electron chi connectivity index (χ4n) is 1.29. The fourth-order valence-corrected chi connectivity index (χ4v) is 1.29. The minimum atomic E-state index is -5.44. The van der Waals surface area contributed by atoms with Crippen molar-refractivity contribution >= 4 is 11.9 Å². The molecule has 0 saturated heterocycles. The van der Waals surface area contributed by atoms with E-state index in [9.17, 15) is 27.9 Å². The molecular formula is C12H12F3NO5. The van der Waals surface area contributed by atoms with Gasteiger partial charge in [0.2, 0.25) is 0 Å². The summed E-state index contributed by atoms with van der Waals surface area (Å²) in [5.41, 5.74) is -4.13. The number of aliphatic hydroxyl groups is 1. The lowest BCUT2D eigenvalue weighted by Gasteiger charge is -2.28. The van der Waals surface area contributed by atoms with E-state index in [1.165, 1.54) is 12.1 Å². The maximum Gasteiger partial charge on any atom is 0.448 e. The number of hydrogen-bond acceptors (Lipinski definition) is 5. The van der Waals surface area contributed by atoms with Gasteiger partial charge in [-0.2, -0.15) is 13.2 Å². The molecule has 0 fully saturated rings. The Kier molecular flexibility index (Phi) is 5.14. The standard InChI is InChI=1S/C12H12F3NO5/c1-20-10(18)11(19,12(13,14)15)16-9(17)7-21-8-5-3-2-4-6-8/h2-6,19H,7H2,1H3,(H,16,17). The molecule has 0 aliphatic carbocycles. The molecule has 0 heterocycles. The van der Waals surface area contributed by atoms with Gasteiger partial charge in [-0.1, -0.05) is 18.2 Å². The highest BCUT2D eigenvalue weighted by Gasteiger charge is 2.62. The Morgan fingerprint density at radius 1 is 1.24 bits per heavy atom. The number of amides is 1. The van der Waals surface area contributed by atoms with Gasteiger partial charge < -0.3 is 19.9 Å². The van der Waals surface area contributed by atoms with E-state index in [0.29, 0.717) is 7.11 Å². The first-order valence-corrected chi connectivity index (χ1v) is 5.57. The van der Waals surface area contributed by atoms with Crippen molar-refractivity contribution in [2.45, 2.75) is 11.9 Å². The average molecular weight is 307 g/mol. The molecule has 1 atom stereocenters. The molecule has 2 N–H and O–H groups in total. The Morgan fingerprint density at radius 3 is 2.29 bits per heavy atom. The first-order chi connectivity index (χ1) is 9.70. The van der Waals surface area contributed by atoms with Crippen LogP contribution in [0, 0.1) is 0 Å². The average Bonchev–Trinajstić information content (AvgIpc) is 2.44. The molecule has 21 heavy (non-hydrogen) atoms. The number of halogens is 3. The number of benzene rings is 1. The first kappa shape index (κ1) is 16.8. The van der Waals surface area contributed by atoms with Crippen LogP contribution in [0.3, 0.4) is 0 Å². The van der Waals surface area contributed by atoms with Gasteiger partial charge in [0.1, 0.15) is 5.75 Å². The summed E-state index contributed by atoms with van der Waals surface area (Å²) in [6, 6.07) is 7.81. The molecule has 1 unspecified atom stereocenters. The van der Waals surface area contributed by atoms with Crippen LogP contribution in [0.5, 0.6) is 5.75 Å². The number of carbonyl (C=O) groups excluding carboxylic acids is 2. The second-order valence-corrected chi connectivity index (χ2v) is 3.85. The minimum Gasteiger partial charge on any atom is -0.484 e. The van der Waals surface area contributed by atoms with Crippen molar-refractivity contribution in [3.63, 3.8) is 0 Å². The van der Waals surface area contributed by atoms with E-state index in [1.54, 1.807) is 18.2 Å². The van der Waals surface area contributed by atoms with Crippen molar-refractivity contribution in [3.8, 4) is 5.75 Å². The molecule has 0 aliphatic rings. The van der Waals surface area contributed by atoms with Gasteiger partial charge in [0, 0.05) is 0 Å². The highest BCUT2D eigenvalue weighted by atomic mass is 19.4. The molecule has 116 valence electrons. The maximum absolute atomic E-state index is 12.7. The quantitative estimate of drug-likeness (QED) is 0.615. The molecule has 0 bridgehead atoms. The number of ether oxygens (including phenoxy) is 2. The monoisotopic (exact) mass is 307 g/mol. The summed E-state index contributed by atoms with van der Waals surface area (Å²) in [6.07, 6.45) is -5.44. The van der Waals surface area contributed by atoms with Gasteiger partial charge in [0.25, 0.3) is 5.91 Å². The van der Waals surface area contributed by atoms with Crippen LogP contribution >= 0.6 is 0 Å². The Balaban J connectivity index is 2.72. The molecule has 0 aromatic heterocycles. The summed E-state index contributed by atoms with van der Waals surface area (Å²) in [5, 5.41) is 10.4. The van der Waals surface area contributed by atoms with Gasteiger partial charge in [-0.15, -0.1) is 0 Å². The Hall–Kier alpha value is -2.29. The highest BCUT2D eigenvalue weighted by molar-refractivity contribution is 5.87. The summed E-state index contributed by atoms with van der Waals surface area (Å²) in [6.45, 7) is -0.820. The van der Waals surface area contributed by atoms with Crippen LogP contribution in [0.4, 0.5) is 13.2 Å². The van der Waals surface area contributed by atoms with Crippen LogP contribution in [0.2, 0.25) is 0 Å². The van der Waals surface area contributed by atoms with Crippen LogP contribution in [0.15, 0.2) is 30.3 Å². The van der Waals surface area contributed by atoms with Crippen molar-refractivity contribution in [2.75, 3.05) is 13.7 Å². The topological polar surface area (TPSA) is 84.9 Å². The number of alkyl halides is 3. The number of nitrogens with one attached hydrogen (secondary N) is 1. The Morgan fingerprint density at radius 2 is 1.81 bits per heavy atom. The van der Waals surface area contributed by atoms with Crippen molar-refractivity contribution in [3.05, 3.63) is 30.3 Å². The first-order valence-electron chi connectivity index (χ1n) is 5.57. The molecule has 1 aromatic carbocycles. The molecule has 0 aliphatic heterocycles. The fraction of sp³-hybridized carbons (Fsp3) is 0.333. The third-order valence-electron chi connectivity index (χ3n) is 2.32. The minimum absolute atomic E-state index is 0.237. The van der Waals surface area contributed by atoms with E-state index in [-0.39, 0.29) is 5.75 Å². The number of methoxy groups -OCH3 is 1. The van der Waals surface area contributed by atoms with Crippen LogP contribution in [-0.2, 0) is 14.3 Å². The van der Waals surface area contributed by atoms with Gasteiger partial charge in [-0.25, -0.2) is 4.79 Å². The third kappa shape index (κ3) is 4.09. The second kappa shape index (κ2) is 6.44. The summed E-state index contributed by atoms with van der Waals surface area (Å²) in [4.78, 5) is 22.4. The summed E-state index contributed by atoms with van der Waals surface area (Å²) < 4.78 is 46.7. The van der Waals surface area contributed by atoms with E-state index >= 15 is 0 Å². The number of carbonyl (C=O) groups is 2. The lowest BCUT2D eigenvalue weighted by molar-refractivity contribution is -0.270. The van der Waals surface area contributed by atoms with Gasteiger partial charge in [-0.3, -0.25) is 4.79 Å². The van der Waals surface area contributed by atoms with Gasteiger partial charge in [0.15, 0.2) is 6.61 Å². The van der Waals surface area contributed by atoms with Gasteiger partial charge in [-0.05, 0) is 12.1 Å². The van der Waals surface area contributed by atoms with Crippen molar-refractivity contribution in [1.82, 2.24) is 5.32 Å². The molecule has 1 amide bonds. The Bertz CT molecular complexity index is 505. The highest BCUT2D eigenvalue weighted by Crippen LogP contribution is 2.29. The van der Waals surface area contributed by atoms with Crippen molar-refractivity contribution in [2.24, 2.45) is 0 Å². The van der Waals surface area contributed by atoms with Crippen LogP contribution in [0.25, 0.3) is 0 Å². The summed E-state index contributed by atoms with van der Waals surface area (Å²) in [7, 11) is 0.645. The van der Waals surface area contributed by atoms with Crippen molar-refractivity contribution < 1.29 is 37.3 Å². The predicted molar refractivity (Wildman–Crippen MR) is 63.1 cm³/mol. The molecule has 0 radical (unpaired) electrons. The zero-order valence-electron chi connectivity index (χ0n) is 10.8. The van der Waals surface area contributed by atoms with Gasteiger partial charge >= 0.3 is 17.9 Å². The smallest absolute Gasteiger partial charge is 0.448 e. The number of para-hydroxylation sites is 1. The zero-order valence-corrected chi connectivity index (χ0v) is 10.8. The molecular weight excluding hydrogens is 295 g/mol. The van der Waals surface area contributed by atoms with Crippen molar-refractivity contribution in [1.29, 1.82) is 0 Å². The number of hydrogen-bond donors (Lipinski definition) is 2. The molecule has 0 saturated carbocycles. The molecule has 0 spiro atoms. The lowest BCUT2D eigenvalue weighted by atomic mass is 10.2. The normalized spacial score (nSPS) is 14.0. The second-order valence-electron chi connectivity index (χ2n) is 3.85. The van der Waals surface area contributed by atoms with E-state index < -0.39 is 30.4 Å². The molecule has 6 nitrogen and oxygen atoms in total. The largest absolute Gasteiger partial charge is 0.484 e. The predicted octanol–water partition coefficient (Wildman–Crippen LogP) is 0.605. The number of esters is 1. The number of rotatable bonds is 5. The summed E-state index contributed by atoms with van der Waals surface area (Å²) in [5.74, 6) is -3.16. The van der Waals surface area contributed by atoms with Crippen LogP contribution in [-0.4, -0.2) is 42.6 Å².